The fraction of sp³-hybridized carbons (Fsp3) is 0.692. The van der Waals surface area contributed by atoms with Crippen LogP contribution in [0.5, 0.6) is 0 Å². The number of nitrogens with one attached hydrogen (secondary N) is 1. The van der Waals surface area contributed by atoms with E-state index in [9.17, 15) is 0 Å². The van der Waals surface area contributed by atoms with E-state index in [1.807, 2.05) is 6.08 Å². The standard InChI is InChI=1S/C13H24N2/c1-2-3-5-10-13(15-14)11-12-8-6-4-7-9-12/h2,8,13,15H,1,3-7,9-11,14H2. The van der Waals surface area contributed by atoms with Gasteiger partial charge in [-0.05, 0) is 51.4 Å². The summed E-state index contributed by atoms with van der Waals surface area (Å²) in [6.07, 6.45) is 14.2. The van der Waals surface area contributed by atoms with Crippen LogP contribution in [0.2, 0.25) is 0 Å². The maximum absolute atomic E-state index is 5.57. The molecule has 15 heavy (non-hydrogen) atoms. The highest BCUT2D eigenvalue weighted by molar-refractivity contribution is 5.06. The van der Waals surface area contributed by atoms with Gasteiger partial charge in [-0.1, -0.05) is 17.7 Å². The Kier molecular flexibility index (Phi) is 6.37. The lowest BCUT2D eigenvalue weighted by molar-refractivity contribution is 0.466. The zero-order valence-corrected chi connectivity index (χ0v) is 9.67. The Hall–Kier alpha value is -0.600. The van der Waals surface area contributed by atoms with Crippen LogP contribution in [-0.2, 0) is 0 Å². The van der Waals surface area contributed by atoms with Crippen molar-refractivity contribution in [3.05, 3.63) is 24.3 Å². The molecule has 0 amide bonds. The zero-order chi connectivity index (χ0) is 10.9. The highest BCUT2D eigenvalue weighted by atomic mass is 15.2. The van der Waals surface area contributed by atoms with Gasteiger partial charge in [0.1, 0.15) is 0 Å². The molecule has 0 aromatic carbocycles. The van der Waals surface area contributed by atoms with Gasteiger partial charge in [-0.15, -0.1) is 6.58 Å². The van der Waals surface area contributed by atoms with E-state index in [2.05, 4.69) is 18.1 Å². The van der Waals surface area contributed by atoms with Crippen molar-refractivity contribution in [2.75, 3.05) is 0 Å². The number of rotatable bonds is 7. The summed E-state index contributed by atoms with van der Waals surface area (Å²) in [6.45, 7) is 3.74. The molecule has 0 aromatic heterocycles. The molecule has 1 aliphatic carbocycles. The van der Waals surface area contributed by atoms with Crippen LogP contribution in [0, 0.1) is 0 Å². The minimum absolute atomic E-state index is 0.453. The predicted octanol–water partition coefficient (Wildman–Crippen LogP) is 3.07. The third kappa shape index (κ3) is 5.14. The van der Waals surface area contributed by atoms with Gasteiger partial charge in [0.05, 0.1) is 0 Å². The topological polar surface area (TPSA) is 38.0 Å². The smallest absolute Gasteiger partial charge is 0.0247 e. The second-order valence-electron chi connectivity index (χ2n) is 4.40. The quantitative estimate of drug-likeness (QED) is 0.292. The highest BCUT2D eigenvalue weighted by Crippen LogP contribution is 2.22. The van der Waals surface area contributed by atoms with Crippen molar-refractivity contribution in [1.82, 2.24) is 5.43 Å². The van der Waals surface area contributed by atoms with Crippen molar-refractivity contribution in [3.63, 3.8) is 0 Å². The van der Waals surface area contributed by atoms with Gasteiger partial charge in [0.25, 0.3) is 0 Å². The van der Waals surface area contributed by atoms with Gasteiger partial charge in [-0.25, -0.2) is 0 Å². The first-order valence-corrected chi connectivity index (χ1v) is 6.11. The summed E-state index contributed by atoms with van der Waals surface area (Å²) in [5, 5.41) is 0. The molecule has 1 atom stereocenters. The lowest BCUT2D eigenvalue weighted by atomic mass is 9.93. The summed E-state index contributed by atoms with van der Waals surface area (Å²) in [5.74, 6) is 5.57. The van der Waals surface area contributed by atoms with Crippen molar-refractivity contribution in [1.29, 1.82) is 0 Å². The van der Waals surface area contributed by atoms with Crippen molar-refractivity contribution < 1.29 is 0 Å². The highest BCUT2D eigenvalue weighted by Gasteiger charge is 2.10. The molecular weight excluding hydrogens is 184 g/mol. The van der Waals surface area contributed by atoms with Crippen LogP contribution < -0.4 is 11.3 Å². The Morgan fingerprint density at radius 2 is 2.40 bits per heavy atom. The van der Waals surface area contributed by atoms with Crippen molar-refractivity contribution in [2.24, 2.45) is 5.84 Å². The van der Waals surface area contributed by atoms with E-state index in [4.69, 9.17) is 5.84 Å². The average molecular weight is 208 g/mol. The average Bonchev–Trinajstić information content (AvgIpc) is 2.29. The number of hydrogen-bond acceptors (Lipinski definition) is 2. The molecule has 0 radical (unpaired) electrons. The molecule has 0 saturated carbocycles. The van der Waals surface area contributed by atoms with E-state index < -0.39 is 0 Å². The Morgan fingerprint density at radius 3 is 3.00 bits per heavy atom. The summed E-state index contributed by atoms with van der Waals surface area (Å²) in [6, 6.07) is 0.453. The molecule has 0 fully saturated rings. The van der Waals surface area contributed by atoms with Gasteiger partial charge in [0.15, 0.2) is 0 Å². The summed E-state index contributed by atoms with van der Waals surface area (Å²) in [4.78, 5) is 0. The van der Waals surface area contributed by atoms with Gasteiger partial charge >= 0.3 is 0 Å². The maximum Gasteiger partial charge on any atom is 0.0247 e. The van der Waals surface area contributed by atoms with Crippen LogP contribution in [0.3, 0.4) is 0 Å². The van der Waals surface area contributed by atoms with Crippen LogP contribution in [0.4, 0.5) is 0 Å². The van der Waals surface area contributed by atoms with Gasteiger partial charge in [0, 0.05) is 6.04 Å². The predicted molar refractivity (Wildman–Crippen MR) is 66.3 cm³/mol. The summed E-state index contributed by atoms with van der Waals surface area (Å²) in [7, 11) is 0. The van der Waals surface area contributed by atoms with E-state index in [-0.39, 0.29) is 0 Å². The molecule has 2 nitrogen and oxygen atoms in total. The minimum atomic E-state index is 0.453. The minimum Gasteiger partial charge on any atom is -0.271 e. The first-order valence-electron chi connectivity index (χ1n) is 6.11. The molecule has 0 saturated heterocycles. The molecule has 86 valence electrons. The zero-order valence-electron chi connectivity index (χ0n) is 9.67. The summed E-state index contributed by atoms with van der Waals surface area (Å²) in [5.41, 5.74) is 4.53. The summed E-state index contributed by atoms with van der Waals surface area (Å²) < 4.78 is 0. The Labute approximate surface area is 93.6 Å². The van der Waals surface area contributed by atoms with Crippen LogP contribution in [0.1, 0.15) is 51.4 Å². The Morgan fingerprint density at radius 1 is 1.53 bits per heavy atom. The van der Waals surface area contributed by atoms with E-state index in [0.29, 0.717) is 6.04 Å². The molecule has 2 heteroatoms. The Bertz CT molecular complexity index is 209. The number of allylic oxidation sites excluding steroid dienone is 2. The van der Waals surface area contributed by atoms with E-state index in [0.717, 1.165) is 19.3 Å². The molecule has 0 heterocycles. The van der Waals surface area contributed by atoms with Crippen LogP contribution in [0.25, 0.3) is 0 Å². The largest absolute Gasteiger partial charge is 0.271 e. The molecule has 1 rings (SSSR count). The first-order chi connectivity index (χ1) is 7.36. The van der Waals surface area contributed by atoms with Crippen molar-refractivity contribution in [2.45, 2.75) is 57.4 Å². The lowest BCUT2D eigenvalue weighted by Gasteiger charge is -2.19. The van der Waals surface area contributed by atoms with Gasteiger partial charge in [-0.3, -0.25) is 11.3 Å². The first kappa shape index (κ1) is 12.5. The monoisotopic (exact) mass is 208 g/mol. The summed E-state index contributed by atoms with van der Waals surface area (Å²) >= 11 is 0. The van der Waals surface area contributed by atoms with Crippen LogP contribution >= 0.6 is 0 Å². The number of hydrazine groups is 1. The number of unbranched alkanes of at least 4 members (excludes halogenated alkanes) is 1. The van der Waals surface area contributed by atoms with Crippen molar-refractivity contribution in [3.8, 4) is 0 Å². The molecule has 0 aromatic rings. The fourth-order valence-electron chi connectivity index (χ4n) is 2.16. The second-order valence-corrected chi connectivity index (χ2v) is 4.40. The van der Waals surface area contributed by atoms with Crippen molar-refractivity contribution >= 4 is 0 Å². The molecule has 3 N–H and O–H groups in total. The Balaban J connectivity index is 2.25. The van der Waals surface area contributed by atoms with Gasteiger partial charge in [0.2, 0.25) is 0 Å². The van der Waals surface area contributed by atoms with Gasteiger partial charge in [-0.2, -0.15) is 0 Å². The van der Waals surface area contributed by atoms with E-state index >= 15 is 0 Å². The van der Waals surface area contributed by atoms with Gasteiger partial charge < -0.3 is 0 Å². The second kappa shape index (κ2) is 7.66. The maximum atomic E-state index is 5.57. The van der Waals surface area contributed by atoms with Crippen LogP contribution in [0.15, 0.2) is 24.3 Å². The molecule has 1 unspecified atom stereocenters. The van der Waals surface area contributed by atoms with Crippen LogP contribution in [-0.4, -0.2) is 6.04 Å². The fourth-order valence-corrected chi connectivity index (χ4v) is 2.16. The molecule has 0 aliphatic heterocycles. The molecule has 0 spiro atoms. The van der Waals surface area contributed by atoms with E-state index in [1.54, 1.807) is 5.57 Å². The molecular formula is C13H24N2. The third-order valence-electron chi connectivity index (χ3n) is 3.09. The molecule has 0 bridgehead atoms. The SMILES string of the molecule is C=CCCCC(CC1=CCCCC1)NN. The number of hydrogen-bond donors (Lipinski definition) is 2. The third-order valence-corrected chi connectivity index (χ3v) is 3.09. The lowest BCUT2D eigenvalue weighted by Crippen LogP contribution is -2.35. The number of nitrogens with two attached hydrogens (primary N) is 1. The normalized spacial score (nSPS) is 18.3. The van der Waals surface area contributed by atoms with E-state index in [1.165, 1.54) is 32.1 Å². The molecule has 1 aliphatic rings.